The molecule has 0 spiro atoms. The molecule has 0 bridgehead atoms. The topological polar surface area (TPSA) is 98.8 Å². The van der Waals surface area contributed by atoms with Crippen molar-refractivity contribution in [1.82, 2.24) is 4.13 Å². The van der Waals surface area contributed by atoms with Crippen molar-refractivity contribution in [2.24, 2.45) is 0 Å². The second-order valence-electron chi connectivity index (χ2n) is 9.08. The number of rotatable bonds is 11. The lowest BCUT2D eigenvalue weighted by molar-refractivity contribution is -0.0441. The summed E-state index contributed by atoms with van der Waals surface area (Å²) >= 11 is 0. The molecule has 222 valence electrons. The van der Waals surface area contributed by atoms with E-state index < -0.39 is 30.5 Å². The van der Waals surface area contributed by atoms with E-state index in [0.29, 0.717) is 24.5 Å². The fourth-order valence-corrected chi connectivity index (χ4v) is 6.76. The SMILES string of the molecule is CCN(c1ccccc1)c1cc(Nc2ccc(S(=O)(=O)NS(=O)(=O)C(F)(F)F)cc2)cc(N(CC)c2ccccc2)c1. The number of anilines is 6. The third-order valence-corrected chi connectivity index (χ3v) is 9.53. The number of benzene rings is 4. The molecule has 0 fully saturated rings. The molecule has 0 aliphatic heterocycles. The summed E-state index contributed by atoms with van der Waals surface area (Å²) < 4.78 is 86.2. The van der Waals surface area contributed by atoms with E-state index in [0.717, 1.165) is 39.0 Å². The monoisotopic (exact) mass is 618 g/mol. The van der Waals surface area contributed by atoms with Gasteiger partial charge in [-0.05, 0) is 80.6 Å². The van der Waals surface area contributed by atoms with E-state index in [9.17, 15) is 30.0 Å². The Morgan fingerprint density at radius 3 is 1.48 bits per heavy atom. The van der Waals surface area contributed by atoms with Crippen LogP contribution in [0, 0.1) is 0 Å². The second-order valence-corrected chi connectivity index (χ2v) is 12.7. The molecule has 0 unspecified atom stereocenters. The standard InChI is InChI=1S/C29H29F3N4O4S2/c1-3-35(24-11-7-5-8-12-24)26-19-23(20-27(21-26)36(4-2)25-13-9-6-10-14-25)33-22-15-17-28(18-16-22)41(37,38)34-42(39,40)29(30,31)32/h5-21,33-34H,3-4H2,1-2H3. The fourth-order valence-electron chi connectivity index (χ4n) is 4.35. The quantitative estimate of drug-likeness (QED) is 0.189. The molecule has 0 atom stereocenters. The summed E-state index contributed by atoms with van der Waals surface area (Å²) in [6, 6.07) is 30.3. The Labute approximate surface area is 243 Å². The van der Waals surface area contributed by atoms with Crippen molar-refractivity contribution in [3.8, 4) is 0 Å². The van der Waals surface area contributed by atoms with Crippen molar-refractivity contribution >= 4 is 54.2 Å². The first-order valence-corrected chi connectivity index (χ1v) is 15.8. The molecule has 0 saturated heterocycles. The van der Waals surface area contributed by atoms with Crippen molar-refractivity contribution in [3.05, 3.63) is 103 Å². The summed E-state index contributed by atoms with van der Waals surface area (Å²) in [5, 5.41) is 3.23. The normalized spacial score (nSPS) is 12.1. The Morgan fingerprint density at radius 2 is 1.07 bits per heavy atom. The molecule has 2 N–H and O–H groups in total. The molecule has 0 heterocycles. The number of nitrogens with zero attached hydrogens (tertiary/aromatic N) is 2. The van der Waals surface area contributed by atoms with Crippen molar-refractivity contribution in [3.63, 3.8) is 0 Å². The van der Waals surface area contributed by atoms with Gasteiger partial charge in [0.05, 0.1) is 4.90 Å². The van der Waals surface area contributed by atoms with Crippen LogP contribution in [0.1, 0.15) is 13.8 Å². The lowest BCUT2D eigenvalue weighted by Crippen LogP contribution is -2.40. The number of hydrogen-bond acceptors (Lipinski definition) is 7. The number of nitrogens with one attached hydrogen (secondary N) is 2. The lowest BCUT2D eigenvalue weighted by Gasteiger charge is -2.29. The number of alkyl halides is 3. The highest BCUT2D eigenvalue weighted by atomic mass is 32.3. The van der Waals surface area contributed by atoms with Crippen molar-refractivity contribution < 1.29 is 30.0 Å². The maximum atomic E-state index is 12.7. The largest absolute Gasteiger partial charge is 0.512 e. The number of hydrogen-bond donors (Lipinski definition) is 2. The van der Waals surface area contributed by atoms with Crippen LogP contribution < -0.4 is 19.2 Å². The molecule has 13 heteroatoms. The molecule has 4 aromatic carbocycles. The summed E-state index contributed by atoms with van der Waals surface area (Å²) in [5.41, 5.74) is -0.926. The van der Waals surface area contributed by atoms with Crippen molar-refractivity contribution in [2.45, 2.75) is 24.3 Å². The average Bonchev–Trinajstić information content (AvgIpc) is 2.94. The molecule has 0 aromatic heterocycles. The molecule has 8 nitrogen and oxygen atoms in total. The fraction of sp³-hybridized carbons (Fsp3) is 0.172. The van der Waals surface area contributed by atoms with E-state index in [1.807, 2.05) is 86.6 Å². The van der Waals surface area contributed by atoms with E-state index in [4.69, 9.17) is 0 Å². The maximum absolute atomic E-state index is 12.7. The average molecular weight is 619 g/mol. The highest BCUT2D eigenvalue weighted by Gasteiger charge is 2.48. The molecule has 0 radical (unpaired) electrons. The predicted molar refractivity (Wildman–Crippen MR) is 160 cm³/mol. The summed E-state index contributed by atoms with van der Waals surface area (Å²) in [5.74, 6) is 0. The van der Waals surface area contributed by atoms with Gasteiger partial charge in [-0.2, -0.15) is 13.2 Å². The second kappa shape index (κ2) is 12.4. The van der Waals surface area contributed by atoms with Crippen LogP contribution in [-0.2, 0) is 20.0 Å². The van der Waals surface area contributed by atoms with Gasteiger partial charge in [-0.25, -0.2) is 16.8 Å². The van der Waals surface area contributed by atoms with Crippen molar-refractivity contribution in [2.75, 3.05) is 28.2 Å². The molecular weight excluding hydrogens is 589 g/mol. The first kappa shape index (κ1) is 30.9. The van der Waals surface area contributed by atoms with Gasteiger partial charge in [0.2, 0.25) is 0 Å². The Bertz CT molecular complexity index is 1650. The van der Waals surface area contributed by atoms with Crippen LogP contribution in [-0.4, -0.2) is 35.4 Å². The van der Waals surface area contributed by atoms with Gasteiger partial charge in [-0.15, -0.1) is 0 Å². The number of sulfonamides is 2. The minimum absolute atomic E-state index is 0.432. The number of halogens is 3. The zero-order valence-electron chi connectivity index (χ0n) is 22.7. The summed E-state index contributed by atoms with van der Waals surface area (Å²) in [6.07, 6.45) is 0. The zero-order valence-corrected chi connectivity index (χ0v) is 24.3. The highest BCUT2D eigenvalue weighted by molar-refractivity contribution is 8.05. The van der Waals surface area contributed by atoms with Gasteiger partial charge in [0.25, 0.3) is 10.0 Å². The minimum Gasteiger partial charge on any atom is -0.355 e. The molecule has 0 aliphatic carbocycles. The maximum Gasteiger partial charge on any atom is 0.512 e. The molecule has 0 aliphatic rings. The van der Waals surface area contributed by atoms with E-state index in [-0.39, 0.29) is 0 Å². The first-order chi connectivity index (χ1) is 19.8. The van der Waals surface area contributed by atoms with Gasteiger partial charge < -0.3 is 15.1 Å². The molecule has 4 aromatic rings. The third kappa shape index (κ3) is 7.04. The Morgan fingerprint density at radius 1 is 0.619 bits per heavy atom. The minimum atomic E-state index is -6.10. The smallest absolute Gasteiger partial charge is 0.355 e. The Kier molecular flexibility index (Phi) is 9.14. The summed E-state index contributed by atoms with van der Waals surface area (Å²) in [6.45, 7) is 5.41. The van der Waals surface area contributed by atoms with Crippen LogP contribution in [0.15, 0.2) is 108 Å². The molecule has 4 rings (SSSR count). The van der Waals surface area contributed by atoms with Gasteiger partial charge in [-0.3, -0.25) is 0 Å². The Balaban J connectivity index is 1.70. The van der Waals surface area contributed by atoms with Gasteiger partial charge >= 0.3 is 15.5 Å². The van der Waals surface area contributed by atoms with Crippen LogP contribution in [0.5, 0.6) is 0 Å². The van der Waals surface area contributed by atoms with Crippen LogP contribution >= 0.6 is 0 Å². The third-order valence-electron chi connectivity index (χ3n) is 6.27. The van der Waals surface area contributed by atoms with E-state index in [1.165, 1.54) is 12.1 Å². The van der Waals surface area contributed by atoms with Crippen molar-refractivity contribution in [1.29, 1.82) is 0 Å². The zero-order chi connectivity index (χ0) is 30.5. The van der Waals surface area contributed by atoms with E-state index >= 15 is 0 Å². The van der Waals surface area contributed by atoms with E-state index in [2.05, 4.69) is 21.2 Å². The van der Waals surface area contributed by atoms with Crippen LogP contribution in [0.4, 0.5) is 47.3 Å². The lowest BCUT2D eigenvalue weighted by atomic mass is 10.1. The molecule has 42 heavy (non-hydrogen) atoms. The number of para-hydroxylation sites is 2. The molecule has 0 saturated carbocycles. The molecule has 0 amide bonds. The van der Waals surface area contributed by atoms with Gasteiger partial charge in [0.15, 0.2) is 0 Å². The van der Waals surface area contributed by atoms with Gasteiger partial charge in [-0.1, -0.05) is 40.5 Å². The highest BCUT2D eigenvalue weighted by Crippen LogP contribution is 2.36. The van der Waals surface area contributed by atoms with E-state index in [1.54, 1.807) is 0 Å². The van der Waals surface area contributed by atoms with Gasteiger partial charge in [0.1, 0.15) is 0 Å². The Hall–Kier alpha value is -4.07. The van der Waals surface area contributed by atoms with Crippen LogP contribution in [0.25, 0.3) is 0 Å². The van der Waals surface area contributed by atoms with Crippen LogP contribution in [0.3, 0.4) is 0 Å². The summed E-state index contributed by atoms with van der Waals surface area (Å²) in [4.78, 5) is 3.63. The molecular formula is C29H29F3N4O4S2. The van der Waals surface area contributed by atoms with Gasteiger partial charge in [0, 0.05) is 47.2 Å². The first-order valence-electron chi connectivity index (χ1n) is 12.9. The summed E-state index contributed by atoms with van der Waals surface area (Å²) in [7, 11) is -11.1. The van der Waals surface area contributed by atoms with Crippen LogP contribution in [0.2, 0.25) is 0 Å². The predicted octanol–water partition coefficient (Wildman–Crippen LogP) is 6.87.